The number of hydrogen-bond acceptors (Lipinski definition) is 3. The highest BCUT2D eigenvalue weighted by molar-refractivity contribution is 7.17. The molecule has 0 radical (unpaired) electrons. The molecular weight excluding hydrogens is 242 g/mol. The Hall–Kier alpha value is -0.900. The second-order valence-electron chi connectivity index (χ2n) is 4.47. The van der Waals surface area contributed by atoms with Crippen LogP contribution >= 0.6 is 11.3 Å². The fourth-order valence-electron chi connectivity index (χ4n) is 2.21. The number of thiophene rings is 1. The number of nitrogens with one attached hydrogen (secondary N) is 1. The van der Waals surface area contributed by atoms with Gasteiger partial charge in [-0.2, -0.15) is 0 Å². The van der Waals surface area contributed by atoms with Crippen LogP contribution in [0.5, 0.6) is 0 Å². The third kappa shape index (κ3) is 3.10. The molecule has 0 spiro atoms. The Morgan fingerprint density at radius 1 is 1.33 bits per heavy atom. The Morgan fingerprint density at radius 3 is 3.00 bits per heavy atom. The van der Waals surface area contributed by atoms with E-state index in [4.69, 9.17) is 4.74 Å². The number of benzene rings is 1. The van der Waals surface area contributed by atoms with E-state index >= 15 is 0 Å². The summed E-state index contributed by atoms with van der Waals surface area (Å²) in [6.45, 7) is 4.05. The largest absolute Gasteiger partial charge is 0.385 e. The summed E-state index contributed by atoms with van der Waals surface area (Å²) in [6.07, 6.45) is 2.18. The van der Waals surface area contributed by atoms with E-state index in [1.165, 1.54) is 15.6 Å². The summed E-state index contributed by atoms with van der Waals surface area (Å²) in [5.74, 6) is 0. The van der Waals surface area contributed by atoms with Gasteiger partial charge in [0, 0.05) is 24.5 Å². The van der Waals surface area contributed by atoms with Gasteiger partial charge < -0.3 is 10.1 Å². The van der Waals surface area contributed by atoms with Gasteiger partial charge in [0.2, 0.25) is 0 Å². The Labute approximate surface area is 113 Å². The summed E-state index contributed by atoms with van der Waals surface area (Å²) in [6, 6.07) is 9.16. The second kappa shape index (κ2) is 6.88. The standard InChI is InChI=1S/C15H21NOS/c1-3-9-16-14(7-10-17-2)13-6-4-5-12-8-11-18-15(12)13/h4-6,8,11,14,16H,3,7,9-10H2,1-2H3. The SMILES string of the molecule is CCCNC(CCOC)c1cccc2ccsc12. The van der Waals surface area contributed by atoms with Crippen LogP contribution in [-0.4, -0.2) is 20.3 Å². The zero-order chi connectivity index (χ0) is 12.8. The maximum absolute atomic E-state index is 5.23. The van der Waals surface area contributed by atoms with Crippen LogP contribution in [0.3, 0.4) is 0 Å². The molecule has 0 aliphatic carbocycles. The highest BCUT2D eigenvalue weighted by atomic mass is 32.1. The summed E-state index contributed by atoms with van der Waals surface area (Å²) < 4.78 is 6.64. The predicted octanol–water partition coefficient (Wildman–Crippen LogP) is 3.98. The summed E-state index contributed by atoms with van der Waals surface area (Å²) in [4.78, 5) is 0. The van der Waals surface area contributed by atoms with Crippen LogP contribution in [0, 0.1) is 0 Å². The summed E-state index contributed by atoms with van der Waals surface area (Å²) in [5, 5.41) is 7.14. The van der Waals surface area contributed by atoms with Crippen molar-refractivity contribution in [2.45, 2.75) is 25.8 Å². The van der Waals surface area contributed by atoms with E-state index in [9.17, 15) is 0 Å². The van der Waals surface area contributed by atoms with Crippen LogP contribution in [0.1, 0.15) is 31.4 Å². The fraction of sp³-hybridized carbons (Fsp3) is 0.467. The molecule has 3 heteroatoms. The van der Waals surface area contributed by atoms with Gasteiger partial charge in [-0.3, -0.25) is 0 Å². The predicted molar refractivity (Wildman–Crippen MR) is 79.4 cm³/mol. The van der Waals surface area contributed by atoms with Crippen LogP contribution in [-0.2, 0) is 4.74 Å². The molecule has 1 aromatic carbocycles. The molecule has 0 aliphatic heterocycles. The van der Waals surface area contributed by atoms with Crippen LogP contribution in [0.25, 0.3) is 10.1 Å². The minimum Gasteiger partial charge on any atom is -0.385 e. The molecule has 2 rings (SSSR count). The van der Waals surface area contributed by atoms with Gasteiger partial charge >= 0.3 is 0 Å². The van der Waals surface area contributed by atoms with Crippen molar-refractivity contribution in [3.63, 3.8) is 0 Å². The molecule has 0 amide bonds. The van der Waals surface area contributed by atoms with Gasteiger partial charge in [0.05, 0.1) is 0 Å². The van der Waals surface area contributed by atoms with Gasteiger partial charge in [0.25, 0.3) is 0 Å². The van der Waals surface area contributed by atoms with Crippen molar-refractivity contribution in [3.05, 3.63) is 35.2 Å². The number of ether oxygens (including phenoxy) is 1. The Balaban J connectivity index is 2.24. The smallest absolute Gasteiger partial charge is 0.0480 e. The fourth-order valence-corrected chi connectivity index (χ4v) is 3.18. The average Bonchev–Trinajstić information content (AvgIpc) is 2.87. The first kappa shape index (κ1) is 13.5. The monoisotopic (exact) mass is 263 g/mol. The molecule has 1 N–H and O–H groups in total. The molecule has 1 heterocycles. The first-order chi connectivity index (χ1) is 8.86. The van der Waals surface area contributed by atoms with Crippen LogP contribution in [0.4, 0.5) is 0 Å². The highest BCUT2D eigenvalue weighted by Gasteiger charge is 2.13. The van der Waals surface area contributed by atoms with E-state index in [1.54, 1.807) is 7.11 Å². The molecule has 0 fully saturated rings. The zero-order valence-electron chi connectivity index (χ0n) is 11.1. The molecule has 1 aromatic heterocycles. The third-order valence-electron chi connectivity index (χ3n) is 3.14. The van der Waals surface area contributed by atoms with Crippen molar-refractivity contribution < 1.29 is 4.74 Å². The molecule has 98 valence electrons. The highest BCUT2D eigenvalue weighted by Crippen LogP contribution is 2.30. The van der Waals surface area contributed by atoms with Gasteiger partial charge in [-0.15, -0.1) is 11.3 Å². The van der Waals surface area contributed by atoms with Crippen LogP contribution in [0.2, 0.25) is 0 Å². The Morgan fingerprint density at radius 2 is 2.22 bits per heavy atom. The van der Waals surface area contributed by atoms with E-state index in [2.05, 4.69) is 41.9 Å². The number of hydrogen-bond donors (Lipinski definition) is 1. The lowest BCUT2D eigenvalue weighted by atomic mass is 10.0. The maximum Gasteiger partial charge on any atom is 0.0480 e. The lowest BCUT2D eigenvalue weighted by Crippen LogP contribution is -2.23. The van der Waals surface area contributed by atoms with Crippen LogP contribution in [0.15, 0.2) is 29.6 Å². The summed E-state index contributed by atoms with van der Waals surface area (Å²) in [5.41, 5.74) is 1.41. The maximum atomic E-state index is 5.23. The molecule has 0 saturated carbocycles. The number of methoxy groups -OCH3 is 1. The Bertz CT molecular complexity index is 472. The van der Waals surface area contributed by atoms with Crippen molar-refractivity contribution in [2.75, 3.05) is 20.3 Å². The molecule has 0 aliphatic rings. The second-order valence-corrected chi connectivity index (χ2v) is 5.39. The number of fused-ring (bicyclic) bond motifs is 1. The van der Waals surface area contributed by atoms with Gasteiger partial charge in [0.15, 0.2) is 0 Å². The lowest BCUT2D eigenvalue weighted by molar-refractivity contribution is 0.183. The van der Waals surface area contributed by atoms with Crippen LogP contribution < -0.4 is 5.32 Å². The van der Waals surface area contributed by atoms with Gasteiger partial charge in [-0.1, -0.05) is 25.1 Å². The molecule has 2 nitrogen and oxygen atoms in total. The first-order valence-corrected chi connectivity index (χ1v) is 7.43. The Kier molecular flexibility index (Phi) is 5.17. The van der Waals surface area contributed by atoms with Crippen molar-refractivity contribution >= 4 is 21.4 Å². The van der Waals surface area contributed by atoms with Crippen molar-refractivity contribution in [1.82, 2.24) is 5.32 Å². The molecular formula is C15H21NOS. The summed E-state index contributed by atoms with van der Waals surface area (Å²) in [7, 11) is 1.77. The molecule has 2 aromatic rings. The zero-order valence-corrected chi connectivity index (χ0v) is 11.9. The topological polar surface area (TPSA) is 21.3 Å². The van der Waals surface area contributed by atoms with Gasteiger partial charge in [-0.25, -0.2) is 0 Å². The normalized spacial score (nSPS) is 13.0. The van der Waals surface area contributed by atoms with E-state index in [0.717, 1.165) is 26.0 Å². The molecule has 1 unspecified atom stereocenters. The third-order valence-corrected chi connectivity index (χ3v) is 4.12. The van der Waals surface area contributed by atoms with E-state index < -0.39 is 0 Å². The minimum atomic E-state index is 0.396. The van der Waals surface area contributed by atoms with E-state index in [-0.39, 0.29) is 0 Å². The minimum absolute atomic E-state index is 0.396. The molecule has 0 saturated heterocycles. The lowest BCUT2D eigenvalue weighted by Gasteiger charge is -2.19. The molecule has 18 heavy (non-hydrogen) atoms. The van der Waals surface area contributed by atoms with E-state index in [1.807, 2.05) is 11.3 Å². The first-order valence-electron chi connectivity index (χ1n) is 6.55. The quantitative estimate of drug-likeness (QED) is 0.816. The van der Waals surface area contributed by atoms with Crippen molar-refractivity contribution in [3.8, 4) is 0 Å². The summed E-state index contributed by atoms with van der Waals surface area (Å²) >= 11 is 1.83. The van der Waals surface area contributed by atoms with Crippen molar-refractivity contribution in [1.29, 1.82) is 0 Å². The molecule has 0 bridgehead atoms. The van der Waals surface area contributed by atoms with Crippen molar-refractivity contribution in [2.24, 2.45) is 0 Å². The number of rotatable bonds is 7. The van der Waals surface area contributed by atoms with E-state index in [0.29, 0.717) is 6.04 Å². The molecule has 1 atom stereocenters. The average molecular weight is 263 g/mol. The van der Waals surface area contributed by atoms with Gasteiger partial charge in [0.1, 0.15) is 0 Å². The van der Waals surface area contributed by atoms with Gasteiger partial charge in [-0.05, 0) is 41.8 Å².